The molecule has 3 saturated carbocycles. The summed E-state index contributed by atoms with van der Waals surface area (Å²) < 4.78 is 101. The van der Waals surface area contributed by atoms with Gasteiger partial charge in [-0.2, -0.15) is 4.89 Å². The van der Waals surface area contributed by atoms with Crippen LogP contribution in [0.2, 0.25) is 0 Å². The molecule has 22 nitrogen and oxygen atoms in total. The minimum absolute atomic E-state index is 0.0586. The Hall–Kier alpha value is -1.14. The van der Waals surface area contributed by atoms with Crippen LogP contribution in [-0.2, 0) is 85.6 Å². The molecule has 4 N–H and O–H groups in total. The molecule has 0 aromatic rings. The Bertz CT molecular complexity index is 2200. The van der Waals surface area contributed by atoms with E-state index in [0.717, 1.165) is 44.9 Å². The first-order valence-corrected chi connectivity index (χ1v) is 31.8. The molecule has 0 amide bonds. The fraction of sp³-hybridized carbons (Fsp3) is 0.968. The molecular weight excluding hydrogens is 1100 g/mol. The number of allylic oxidation sites excluding steroid dienone is 1. The van der Waals surface area contributed by atoms with Gasteiger partial charge in [-0.15, -0.1) is 0 Å². The van der Waals surface area contributed by atoms with E-state index in [2.05, 4.69) is 19.9 Å². The molecule has 10 fully saturated rings. The van der Waals surface area contributed by atoms with Crippen molar-refractivity contribution in [1.82, 2.24) is 0 Å². The van der Waals surface area contributed by atoms with E-state index in [9.17, 15) is 20.4 Å². The Labute approximate surface area is 496 Å². The molecule has 7 aliphatic heterocycles. The summed E-state index contributed by atoms with van der Waals surface area (Å²) >= 11 is 0. The van der Waals surface area contributed by atoms with Gasteiger partial charge in [0.1, 0.15) is 43.2 Å². The minimum atomic E-state index is -1.32. The molecule has 11 rings (SSSR count). The number of rotatable bonds is 15. The van der Waals surface area contributed by atoms with Crippen LogP contribution in [0.25, 0.3) is 0 Å². The maximum atomic E-state index is 12.8. The van der Waals surface area contributed by atoms with Gasteiger partial charge in [-0.25, -0.2) is 4.89 Å². The van der Waals surface area contributed by atoms with Crippen LogP contribution in [0.1, 0.15) is 152 Å². The van der Waals surface area contributed by atoms with Crippen molar-refractivity contribution < 1.29 is 106 Å². The van der Waals surface area contributed by atoms with Crippen molar-refractivity contribution in [2.75, 3.05) is 35.0 Å². The molecule has 1 spiro atoms. The summed E-state index contributed by atoms with van der Waals surface area (Å²) in [6.07, 6.45) is -2.54. The van der Waals surface area contributed by atoms with Crippen LogP contribution in [0.4, 0.5) is 0 Å². The lowest BCUT2D eigenvalue weighted by molar-refractivity contribution is -0.472. The number of methoxy groups -OCH3 is 4. The van der Waals surface area contributed by atoms with Crippen LogP contribution in [0, 0.1) is 28.6 Å². The SMILES string of the molecule is COC1CC(OC2C(C)OC(OC3C(O)CC(OC4C(C)OC(OC5C(C)OC6(COC7CC(OC(C)C8(O)CCC9C%10CC=C%11CC(O)CCC%11(C)C%10CCC98C)OC(C)C7OO6)CC5OC)CC4OC)OC3C)CC2OC)OC(C)C1O. The number of aliphatic hydroxyl groups is 4. The maximum absolute atomic E-state index is 12.8. The zero-order valence-corrected chi connectivity index (χ0v) is 52.0. The molecule has 32 atom stereocenters. The van der Waals surface area contributed by atoms with E-state index in [1.54, 1.807) is 35.4 Å². The van der Waals surface area contributed by atoms with Gasteiger partial charge in [-0.1, -0.05) is 25.5 Å². The molecule has 7 saturated heterocycles. The summed E-state index contributed by atoms with van der Waals surface area (Å²) in [6, 6.07) is 0. The van der Waals surface area contributed by atoms with Crippen molar-refractivity contribution in [3.8, 4) is 0 Å². The van der Waals surface area contributed by atoms with E-state index in [1.165, 1.54) is 5.57 Å². The molecule has 84 heavy (non-hydrogen) atoms. The zero-order chi connectivity index (χ0) is 59.8. The molecule has 0 aromatic heterocycles. The smallest absolute Gasteiger partial charge is 0.228 e. The minimum Gasteiger partial charge on any atom is -0.393 e. The van der Waals surface area contributed by atoms with E-state index >= 15 is 0 Å². The third kappa shape index (κ3) is 12.3. The maximum Gasteiger partial charge on any atom is 0.228 e. The predicted molar refractivity (Wildman–Crippen MR) is 296 cm³/mol. The molecule has 7 heterocycles. The number of ether oxygens (including phenoxy) is 16. The number of hydrogen-bond acceptors (Lipinski definition) is 22. The molecular formula is C62H102O22. The summed E-state index contributed by atoms with van der Waals surface area (Å²) in [6.45, 7) is 18.0. The van der Waals surface area contributed by atoms with E-state index in [4.69, 9.17) is 85.6 Å². The molecule has 0 aromatic carbocycles. The van der Waals surface area contributed by atoms with Gasteiger partial charge < -0.3 is 96.2 Å². The Morgan fingerprint density at radius 1 is 0.583 bits per heavy atom. The summed E-state index contributed by atoms with van der Waals surface area (Å²) in [5, 5.41) is 45.4. The first-order valence-electron chi connectivity index (χ1n) is 31.8. The highest BCUT2D eigenvalue weighted by molar-refractivity contribution is 5.26. The van der Waals surface area contributed by atoms with Crippen molar-refractivity contribution in [3.63, 3.8) is 0 Å². The first-order chi connectivity index (χ1) is 40.0. The number of hydrogen-bond donors (Lipinski definition) is 4. The molecule has 482 valence electrons. The van der Waals surface area contributed by atoms with E-state index in [1.807, 2.05) is 41.5 Å². The lowest BCUT2D eigenvalue weighted by Gasteiger charge is -2.59. The van der Waals surface area contributed by atoms with Gasteiger partial charge in [-0.05, 0) is 123 Å². The van der Waals surface area contributed by atoms with Gasteiger partial charge >= 0.3 is 0 Å². The average molecular weight is 1200 g/mol. The van der Waals surface area contributed by atoms with Gasteiger partial charge in [0, 0.05) is 72.4 Å². The van der Waals surface area contributed by atoms with E-state index in [0.29, 0.717) is 49.9 Å². The van der Waals surface area contributed by atoms with Gasteiger partial charge in [0.05, 0.1) is 91.1 Å². The summed E-state index contributed by atoms with van der Waals surface area (Å²) in [7, 11) is 6.43. The third-order valence-electron chi connectivity index (χ3n) is 22.5. The fourth-order valence-electron chi connectivity index (χ4n) is 17.6. The van der Waals surface area contributed by atoms with Crippen LogP contribution in [0.15, 0.2) is 11.6 Å². The van der Waals surface area contributed by atoms with Gasteiger partial charge in [0.15, 0.2) is 31.5 Å². The second-order valence-electron chi connectivity index (χ2n) is 27.4. The topological polar surface area (TPSA) is 247 Å². The number of fused-ring (bicyclic) bond motifs is 6. The normalized spacial score (nSPS) is 53.9. The second kappa shape index (κ2) is 25.9. The van der Waals surface area contributed by atoms with Crippen molar-refractivity contribution in [2.24, 2.45) is 28.6 Å². The Morgan fingerprint density at radius 2 is 1.13 bits per heavy atom. The second-order valence-corrected chi connectivity index (χ2v) is 27.4. The third-order valence-corrected chi connectivity index (χ3v) is 22.5. The standard InChI is InChI=1S/C62H102O22/c1-30-53(65)43(67-10)24-50(72-30)80-56-33(4)74-51(25-44(56)68-11)78-54-31(2)73-48(23-42(54)64)79-55-32(3)75-52(26-45(55)69-12)81-57-35(6)82-61(28-47(57)70-13)29-71-46-27-49(76-34(5)58(46)83-84-61)77-36(7)62(66)21-18-41-39-15-14-37-22-38(63)16-19-59(37,8)40(39)17-20-60(41,62)9/h14,30-36,38-58,63-66H,15-29H2,1-13H3. The fourth-order valence-corrected chi connectivity index (χ4v) is 17.6. The molecule has 32 unspecified atom stereocenters. The highest BCUT2D eigenvalue weighted by Gasteiger charge is 2.66. The zero-order valence-electron chi connectivity index (χ0n) is 52.0. The Morgan fingerprint density at radius 3 is 1.75 bits per heavy atom. The predicted octanol–water partition coefficient (Wildman–Crippen LogP) is 5.66. The van der Waals surface area contributed by atoms with Crippen molar-refractivity contribution >= 4 is 0 Å². The largest absolute Gasteiger partial charge is 0.393 e. The molecule has 4 aliphatic carbocycles. The molecule has 11 aliphatic rings. The van der Waals surface area contributed by atoms with Gasteiger partial charge in [0.2, 0.25) is 5.79 Å². The van der Waals surface area contributed by atoms with E-state index < -0.39 is 159 Å². The van der Waals surface area contributed by atoms with Crippen LogP contribution < -0.4 is 0 Å². The lowest BCUT2D eigenvalue weighted by Crippen LogP contribution is -2.60. The molecule has 0 radical (unpaired) electrons. The average Bonchev–Trinajstić information content (AvgIpc) is 1.70. The summed E-state index contributed by atoms with van der Waals surface area (Å²) in [5.41, 5.74) is 0.250. The van der Waals surface area contributed by atoms with Crippen molar-refractivity contribution in [3.05, 3.63) is 11.6 Å². The highest BCUT2D eigenvalue weighted by Crippen LogP contribution is 2.68. The lowest BCUT2D eigenvalue weighted by atomic mass is 9.46. The highest BCUT2D eigenvalue weighted by atomic mass is 17.2. The van der Waals surface area contributed by atoms with Crippen LogP contribution in [-0.4, -0.2) is 220 Å². The quantitative estimate of drug-likeness (QED) is 0.114. The van der Waals surface area contributed by atoms with E-state index in [-0.39, 0.29) is 36.4 Å². The van der Waals surface area contributed by atoms with Crippen LogP contribution >= 0.6 is 0 Å². The van der Waals surface area contributed by atoms with Crippen LogP contribution in [0.5, 0.6) is 0 Å². The van der Waals surface area contributed by atoms with Crippen LogP contribution in [0.3, 0.4) is 0 Å². The Kier molecular flexibility index (Phi) is 19.8. The van der Waals surface area contributed by atoms with Gasteiger partial charge in [0.25, 0.3) is 0 Å². The number of aliphatic hydroxyl groups excluding tert-OH is 3. The van der Waals surface area contributed by atoms with Gasteiger partial charge in [-0.3, -0.25) is 0 Å². The summed E-state index contributed by atoms with van der Waals surface area (Å²) in [4.78, 5) is 12.4. The monoisotopic (exact) mass is 1200 g/mol. The first kappa shape index (κ1) is 64.4. The molecule has 22 heteroatoms. The Balaban J connectivity index is 0.645. The van der Waals surface area contributed by atoms with Crippen molar-refractivity contribution in [1.29, 1.82) is 0 Å². The summed E-state index contributed by atoms with van der Waals surface area (Å²) in [5.74, 6) is 0.141. The van der Waals surface area contributed by atoms with Crippen molar-refractivity contribution in [2.45, 2.75) is 317 Å². The molecule has 0 bridgehead atoms.